The van der Waals surface area contributed by atoms with E-state index in [1.807, 2.05) is 17.8 Å². The van der Waals surface area contributed by atoms with Crippen LogP contribution in [0.15, 0.2) is 18.5 Å². The van der Waals surface area contributed by atoms with Crippen molar-refractivity contribution < 1.29 is 0 Å². The summed E-state index contributed by atoms with van der Waals surface area (Å²) in [6, 6.07) is 2.26. The van der Waals surface area contributed by atoms with Crippen LogP contribution < -0.4 is 11.3 Å². The van der Waals surface area contributed by atoms with Crippen molar-refractivity contribution in [2.24, 2.45) is 5.84 Å². The molecule has 5 heteroatoms. The van der Waals surface area contributed by atoms with Crippen LogP contribution in [0.2, 0.25) is 5.02 Å². The molecule has 0 radical (unpaired) electrons. The molecule has 2 heterocycles. The third kappa shape index (κ3) is 2.88. The highest BCUT2D eigenvalue weighted by molar-refractivity contribution is 8.00. The minimum absolute atomic E-state index is 0.299. The summed E-state index contributed by atoms with van der Waals surface area (Å²) in [6.07, 6.45) is 6.86. The lowest BCUT2D eigenvalue weighted by atomic mass is 10.0. The zero-order valence-electron chi connectivity index (χ0n) is 9.03. The van der Waals surface area contributed by atoms with Crippen LogP contribution in [0.3, 0.4) is 0 Å². The topological polar surface area (TPSA) is 50.9 Å². The van der Waals surface area contributed by atoms with Gasteiger partial charge in [0.2, 0.25) is 0 Å². The molecule has 1 aliphatic heterocycles. The maximum atomic E-state index is 6.09. The first kappa shape index (κ1) is 12.2. The normalized spacial score (nSPS) is 22.2. The molecule has 3 nitrogen and oxygen atoms in total. The Morgan fingerprint density at radius 2 is 2.56 bits per heavy atom. The van der Waals surface area contributed by atoms with Crippen LogP contribution in [-0.2, 0) is 6.42 Å². The fraction of sp³-hybridized carbons (Fsp3) is 0.545. The maximum Gasteiger partial charge on any atom is 0.0621 e. The number of nitrogens with zero attached hydrogens (tertiary/aromatic N) is 1. The number of hydrazine groups is 1. The van der Waals surface area contributed by atoms with E-state index in [1.54, 1.807) is 12.4 Å². The molecule has 0 aliphatic carbocycles. The number of aromatic nitrogens is 1. The van der Waals surface area contributed by atoms with Gasteiger partial charge in [-0.05, 0) is 36.6 Å². The van der Waals surface area contributed by atoms with Gasteiger partial charge in [0, 0.05) is 23.7 Å². The molecule has 2 rings (SSSR count). The van der Waals surface area contributed by atoms with Crippen molar-refractivity contribution >= 4 is 23.4 Å². The predicted octanol–water partition coefficient (Wildman–Crippen LogP) is 2.00. The summed E-state index contributed by atoms with van der Waals surface area (Å²) in [4.78, 5) is 3.99. The van der Waals surface area contributed by atoms with Crippen LogP contribution in [0.5, 0.6) is 0 Å². The highest BCUT2D eigenvalue weighted by Crippen LogP contribution is 2.30. The van der Waals surface area contributed by atoms with Crippen molar-refractivity contribution in [2.75, 3.05) is 5.75 Å². The van der Waals surface area contributed by atoms with Gasteiger partial charge in [0.05, 0.1) is 5.02 Å². The fourth-order valence-corrected chi connectivity index (χ4v) is 3.60. The number of halogens is 1. The molecule has 1 saturated heterocycles. The summed E-state index contributed by atoms with van der Waals surface area (Å²) >= 11 is 8.09. The van der Waals surface area contributed by atoms with Gasteiger partial charge >= 0.3 is 0 Å². The molecule has 0 saturated carbocycles. The van der Waals surface area contributed by atoms with Gasteiger partial charge in [-0.1, -0.05) is 11.6 Å². The number of thioether (sulfide) groups is 1. The first-order valence-electron chi connectivity index (χ1n) is 5.47. The van der Waals surface area contributed by atoms with Gasteiger partial charge in [-0.15, -0.1) is 0 Å². The molecule has 0 aromatic carbocycles. The molecule has 2 unspecified atom stereocenters. The molecule has 0 bridgehead atoms. The van der Waals surface area contributed by atoms with Gasteiger partial charge < -0.3 is 0 Å². The Balaban J connectivity index is 2.03. The Bertz CT molecular complexity index is 342. The second kappa shape index (κ2) is 5.87. The van der Waals surface area contributed by atoms with Crippen molar-refractivity contribution in [3.05, 3.63) is 29.0 Å². The van der Waals surface area contributed by atoms with Crippen LogP contribution in [0.25, 0.3) is 0 Å². The van der Waals surface area contributed by atoms with Crippen LogP contribution in [-0.4, -0.2) is 22.0 Å². The first-order chi connectivity index (χ1) is 7.81. The zero-order valence-corrected chi connectivity index (χ0v) is 10.6. The van der Waals surface area contributed by atoms with Crippen molar-refractivity contribution in [3.63, 3.8) is 0 Å². The number of hydrogen-bond acceptors (Lipinski definition) is 4. The minimum Gasteiger partial charge on any atom is -0.271 e. The van der Waals surface area contributed by atoms with E-state index in [0.29, 0.717) is 11.3 Å². The first-order valence-corrected chi connectivity index (χ1v) is 6.90. The summed E-state index contributed by atoms with van der Waals surface area (Å²) < 4.78 is 0. The average molecular weight is 258 g/mol. The largest absolute Gasteiger partial charge is 0.271 e. The monoisotopic (exact) mass is 257 g/mol. The van der Waals surface area contributed by atoms with E-state index in [0.717, 1.165) is 17.0 Å². The van der Waals surface area contributed by atoms with Gasteiger partial charge in [0.25, 0.3) is 0 Å². The quantitative estimate of drug-likeness (QED) is 0.640. The Kier molecular flexibility index (Phi) is 4.46. The SMILES string of the molecule is NNC(Cc1ccncc1Cl)C1CCCS1. The fourth-order valence-electron chi connectivity index (χ4n) is 2.02. The van der Waals surface area contributed by atoms with Crippen LogP contribution in [0, 0.1) is 0 Å². The van der Waals surface area contributed by atoms with Gasteiger partial charge in [-0.3, -0.25) is 16.3 Å². The third-order valence-corrected chi connectivity index (χ3v) is 4.78. The van der Waals surface area contributed by atoms with Crippen LogP contribution in [0.4, 0.5) is 0 Å². The molecule has 1 aliphatic rings. The van der Waals surface area contributed by atoms with Crippen molar-refractivity contribution in [3.8, 4) is 0 Å². The predicted molar refractivity (Wildman–Crippen MR) is 69.5 cm³/mol. The maximum absolute atomic E-state index is 6.09. The Morgan fingerprint density at radius 1 is 1.69 bits per heavy atom. The zero-order chi connectivity index (χ0) is 11.4. The van der Waals surface area contributed by atoms with E-state index in [-0.39, 0.29) is 0 Å². The molecular formula is C11H16ClN3S. The van der Waals surface area contributed by atoms with E-state index < -0.39 is 0 Å². The molecule has 2 atom stereocenters. The summed E-state index contributed by atoms with van der Waals surface area (Å²) in [5, 5.41) is 1.33. The van der Waals surface area contributed by atoms with Gasteiger partial charge in [0.15, 0.2) is 0 Å². The number of rotatable bonds is 4. The molecule has 0 spiro atoms. The standard InChI is InChI=1S/C11H16ClN3S/c12-9-7-14-4-3-8(9)6-10(15-13)11-2-1-5-16-11/h3-4,7,10-11,15H,1-2,5-6,13H2. The smallest absolute Gasteiger partial charge is 0.0621 e. The van der Waals surface area contributed by atoms with Crippen molar-refractivity contribution in [1.82, 2.24) is 10.4 Å². The Hall–Kier alpha value is -0.290. The van der Waals surface area contributed by atoms with Gasteiger partial charge in [-0.2, -0.15) is 11.8 Å². The van der Waals surface area contributed by atoms with E-state index in [9.17, 15) is 0 Å². The van der Waals surface area contributed by atoms with Crippen LogP contribution in [0.1, 0.15) is 18.4 Å². The van der Waals surface area contributed by atoms with Gasteiger partial charge in [0.1, 0.15) is 0 Å². The number of nitrogens with one attached hydrogen (secondary N) is 1. The average Bonchev–Trinajstić information content (AvgIpc) is 2.81. The van der Waals surface area contributed by atoms with E-state index in [4.69, 9.17) is 17.4 Å². The Morgan fingerprint density at radius 3 is 3.19 bits per heavy atom. The lowest BCUT2D eigenvalue weighted by molar-refractivity contribution is 0.496. The lowest BCUT2D eigenvalue weighted by Crippen LogP contribution is -2.43. The van der Waals surface area contributed by atoms with Crippen LogP contribution >= 0.6 is 23.4 Å². The molecule has 88 valence electrons. The van der Waals surface area contributed by atoms with Crippen molar-refractivity contribution in [2.45, 2.75) is 30.6 Å². The molecule has 1 aromatic rings. The van der Waals surface area contributed by atoms with Gasteiger partial charge in [-0.25, -0.2) is 0 Å². The summed E-state index contributed by atoms with van der Waals surface area (Å²) in [5.74, 6) is 6.87. The van der Waals surface area contributed by atoms with E-state index >= 15 is 0 Å². The molecule has 0 amide bonds. The lowest BCUT2D eigenvalue weighted by Gasteiger charge is -2.22. The Labute approximate surface area is 105 Å². The summed E-state index contributed by atoms with van der Waals surface area (Å²) in [6.45, 7) is 0. The minimum atomic E-state index is 0.299. The van der Waals surface area contributed by atoms with Crippen molar-refractivity contribution in [1.29, 1.82) is 0 Å². The molecule has 16 heavy (non-hydrogen) atoms. The van der Waals surface area contributed by atoms with E-state index in [1.165, 1.54) is 18.6 Å². The third-order valence-electron chi connectivity index (χ3n) is 2.92. The second-order valence-electron chi connectivity index (χ2n) is 4.00. The molecule has 1 aromatic heterocycles. The number of pyridine rings is 1. The highest BCUT2D eigenvalue weighted by atomic mass is 35.5. The molecule has 3 N–H and O–H groups in total. The summed E-state index contributed by atoms with van der Waals surface area (Å²) in [5.41, 5.74) is 4.04. The number of hydrogen-bond donors (Lipinski definition) is 2. The van der Waals surface area contributed by atoms with E-state index in [2.05, 4.69) is 10.4 Å². The summed E-state index contributed by atoms with van der Waals surface area (Å²) in [7, 11) is 0. The number of nitrogens with two attached hydrogens (primary N) is 1. The highest BCUT2D eigenvalue weighted by Gasteiger charge is 2.25. The second-order valence-corrected chi connectivity index (χ2v) is 5.75. The molecule has 1 fully saturated rings. The molecular weight excluding hydrogens is 242 g/mol.